The summed E-state index contributed by atoms with van der Waals surface area (Å²) in [5.41, 5.74) is 1.40. The molecule has 1 unspecified atom stereocenters. The summed E-state index contributed by atoms with van der Waals surface area (Å²) in [6, 6.07) is 13.5. The molecule has 1 aliphatic heterocycles. The van der Waals surface area contributed by atoms with Crippen LogP contribution in [0.5, 0.6) is 0 Å². The molecule has 1 fully saturated rings. The Bertz CT molecular complexity index is 1170. The number of ether oxygens (including phenoxy) is 1. The van der Waals surface area contributed by atoms with E-state index in [0.717, 1.165) is 17.5 Å². The van der Waals surface area contributed by atoms with Crippen molar-refractivity contribution in [3.63, 3.8) is 0 Å². The minimum absolute atomic E-state index is 0.210. The lowest BCUT2D eigenvalue weighted by Crippen LogP contribution is -2.56. The number of carbonyl (C=O) groups excluding carboxylic acids is 2. The van der Waals surface area contributed by atoms with Gasteiger partial charge in [0.25, 0.3) is 0 Å². The lowest BCUT2D eigenvalue weighted by Gasteiger charge is -2.38. The fourth-order valence-electron chi connectivity index (χ4n) is 3.93. The Morgan fingerprint density at radius 2 is 1.64 bits per heavy atom. The van der Waals surface area contributed by atoms with Gasteiger partial charge in [-0.3, -0.25) is 9.52 Å². The molecule has 2 amide bonds. The van der Waals surface area contributed by atoms with Gasteiger partial charge in [0.2, 0.25) is 15.9 Å². The van der Waals surface area contributed by atoms with Gasteiger partial charge in [-0.25, -0.2) is 13.2 Å². The first-order chi connectivity index (χ1) is 16.8. The number of halogens is 1. The van der Waals surface area contributed by atoms with Crippen molar-refractivity contribution in [2.24, 2.45) is 0 Å². The molecule has 0 aliphatic carbocycles. The molecule has 2 N–H and O–H groups in total. The summed E-state index contributed by atoms with van der Waals surface area (Å²) in [6.07, 6.45) is 0.740. The van der Waals surface area contributed by atoms with Crippen LogP contribution in [0.15, 0.2) is 48.5 Å². The maximum atomic E-state index is 13.5. The molecular formula is C25H33ClN4O5S. The van der Waals surface area contributed by atoms with E-state index in [-0.39, 0.29) is 12.3 Å². The molecule has 2 aromatic carbocycles. The number of piperazine rings is 1. The zero-order valence-electron chi connectivity index (χ0n) is 21.0. The minimum atomic E-state index is -3.43. The quantitative estimate of drug-likeness (QED) is 0.561. The summed E-state index contributed by atoms with van der Waals surface area (Å²) in [5, 5.41) is 3.32. The second-order valence-corrected chi connectivity index (χ2v) is 11.9. The zero-order valence-corrected chi connectivity index (χ0v) is 22.5. The van der Waals surface area contributed by atoms with Gasteiger partial charge in [0.05, 0.1) is 17.6 Å². The number of carbonyl (C=O) groups is 2. The third-order valence-corrected chi connectivity index (χ3v) is 6.32. The molecule has 36 heavy (non-hydrogen) atoms. The first-order valence-corrected chi connectivity index (χ1v) is 13.9. The van der Waals surface area contributed by atoms with Crippen molar-refractivity contribution in [1.29, 1.82) is 0 Å². The smallest absolute Gasteiger partial charge is 0.408 e. The number of nitrogens with zero attached hydrogens (tertiary/aromatic N) is 2. The van der Waals surface area contributed by atoms with Crippen molar-refractivity contribution in [2.75, 3.05) is 42.1 Å². The van der Waals surface area contributed by atoms with Crippen LogP contribution in [0.4, 0.5) is 16.2 Å². The normalized spacial score (nSPS) is 15.2. The van der Waals surface area contributed by atoms with E-state index in [1.54, 1.807) is 49.9 Å². The van der Waals surface area contributed by atoms with Gasteiger partial charge in [0, 0.05) is 37.6 Å². The van der Waals surface area contributed by atoms with E-state index < -0.39 is 27.8 Å². The summed E-state index contributed by atoms with van der Waals surface area (Å²) in [6.45, 7) is 7.13. The molecule has 1 heterocycles. The Morgan fingerprint density at radius 1 is 1.03 bits per heavy atom. The predicted molar refractivity (Wildman–Crippen MR) is 142 cm³/mol. The topological polar surface area (TPSA) is 108 Å². The summed E-state index contributed by atoms with van der Waals surface area (Å²) in [7, 11) is -3.43. The van der Waals surface area contributed by atoms with Crippen LogP contribution >= 0.6 is 11.6 Å². The van der Waals surface area contributed by atoms with Gasteiger partial charge in [0.15, 0.2) is 0 Å². The number of hydrogen-bond donors (Lipinski definition) is 2. The summed E-state index contributed by atoms with van der Waals surface area (Å²) in [4.78, 5) is 29.7. The van der Waals surface area contributed by atoms with Crippen molar-refractivity contribution >= 4 is 45.0 Å². The highest BCUT2D eigenvalue weighted by molar-refractivity contribution is 7.92. The highest BCUT2D eigenvalue weighted by atomic mass is 35.5. The van der Waals surface area contributed by atoms with E-state index in [1.807, 2.05) is 29.2 Å². The van der Waals surface area contributed by atoms with Gasteiger partial charge in [-0.2, -0.15) is 0 Å². The number of alkyl carbamates (subject to hydrolysis) is 1. The molecule has 0 aromatic heterocycles. The van der Waals surface area contributed by atoms with Crippen molar-refractivity contribution in [3.8, 4) is 0 Å². The van der Waals surface area contributed by atoms with Gasteiger partial charge < -0.3 is 19.9 Å². The number of amides is 2. The first kappa shape index (κ1) is 27.6. The molecule has 0 radical (unpaired) electrons. The predicted octanol–water partition coefficient (Wildman–Crippen LogP) is 3.50. The van der Waals surface area contributed by atoms with E-state index in [1.165, 1.54) is 0 Å². The van der Waals surface area contributed by atoms with Crippen LogP contribution in [-0.4, -0.2) is 69.4 Å². The molecule has 1 aliphatic rings. The molecule has 9 nitrogen and oxygen atoms in total. The van der Waals surface area contributed by atoms with Crippen LogP contribution < -0.4 is 14.9 Å². The van der Waals surface area contributed by atoms with Crippen LogP contribution in [0.25, 0.3) is 0 Å². The largest absolute Gasteiger partial charge is 0.444 e. The Morgan fingerprint density at radius 3 is 2.22 bits per heavy atom. The van der Waals surface area contributed by atoms with Gasteiger partial charge in [0.1, 0.15) is 11.6 Å². The van der Waals surface area contributed by atoms with Crippen LogP contribution in [0.1, 0.15) is 26.3 Å². The third kappa shape index (κ3) is 8.30. The van der Waals surface area contributed by atoms with Crippen molar-refractivity contribution < 1.29 is 22.7 Å². The van der Waals surface area contributed by atoms with Crippen LogP contribution in [0.2, 0.25) is 5.02 Å². The van der Waals surface area contributed by atoms with E-state index in [2.05, 4.69) is 10.0 Å². The molecule has 0 bridgehead atoms. The Balaban J connectivity index is 1.71. The number of hydrogen-bond acceptors (Lipinski definition) is 6. The number of nitrogens with one attached hydrogen (secondary N) is 2. The monoisotopic (exact) mass is 536 g/mol. The van der Waals surface area contributed by atoms with E-state index >= 15 is 0 Å². The van der Waals surface area contributed by atoms with Gasteiger partial charge in [-0.05, 0) is 50.6 Å². The standard InChI is InChI=1S/C25H33ClN4O5S/c1-25(2,3)35-24(32)27-21(17-18-9-11-19(26)12-10-18)23(31)30-15-13-29(14-16-30)22-8-6-5-7-20(22)28-36(4,33)34/h5-12,21,28H,13-17H2,1-4H3,(H,27,32). The first-order valence-electron chi connectivity index (χ1n) is 11.7. The molecule has 196 valence electrons. The SMILES string of the molecule is CC(C)(C)OC(=O)NC(Cc1ccc(Cl)cc1)C(=O)N1CCN(c2ccccc2NS(C)(=O)=O)CC1. The molecule has 11 heteroatoms. The second kappa shape index (κ2) is 11.4. The zero-order chi connectivity index (χ0) is 26.5. The summed E-state index contributed by atoms with van der Waals surface area (Å²) >= 11 is 5.99. The average Bonchev–Trinajstić information content (AvgIpc) is 2.78. The van der Waals surface area contributed by atoms with Crippen LogP contribution in [0, 0.1) is 0 Å². The number of anilines is 2. The van der Waals surface area contributed by atoms with Crippen molar-refractivity contribution in [2.45, 2.75) is 38.8 Å². The van der Waals surface area contributed by atoms with Gasteiger partial charge in [-0.1, -0.05) is 35.9 Å². The lowest BCUT2D eigenvalue weighted by atomic mass is 10.0. The molecule has 2 aromatic rings. The number of sulfonamides is 1. The fourth-order valence-corrected chi connectivity index (χ4v) is 4.63. The lowest BCUT2D eigenvalue weighted by molar-refractivity contribution is -0.133. The van der Waals surface area contributed by atoms with Crippen LogP contribution in [0.3, 0.4) is 0 Å². The second-order valence-electron chi connectivity index (χ2n) is 9.73. The third-order valence-electron chi connectivity index (χ3n) is 5.47. The van der Waals surface area contributed by atoms with Crippen molar-refractivity contribution in [3.05, 3.63) is 59.1 Å². The van der Waals surface area contributed by atoms with E-state index in [9.17, 15) is 18.0 Å². The maximum Gasteiger partial charge on any atom is 0.408 e. The fraction of sp³-hybridized carbons (Fsp3) is 0.440. The number of rotatable bonds is 7. The summed E-state index contributed by atoms with van der Waals surface area (Å²) < 4.78 is 31.5. The molecule has 0 saturated carbocycles. The summed E-state index contributed by atoms with van der Waals surface area (Å²) in [5.74, 6) is -0.210. The van der Waals surface area contributed by atoms with Crippen molar-refractivity contribution in [1.82, 2.24) is 10.2 Å². The van der Waals surface area contributed by atoms with E-state index in [0.29, 0.717) is 36.9 Å². The highest BCUT2D eigenvalue weighted by Gasteiger charge is 2.31. The Labute approximate surface area is 217 Å². The van der Waals surface area contributed by atoms with Gasteiger partial charge >= 0.3 is 6.09 Å². The van der Waals surface area contributed by atoms with Gasteiger partial charge in [-0.15, -0.1) is 0 Å². The highest BCUT2D eigenvalue weighted by Crippen LogP contribution is 2.27. The molecule has 3 rings (SSSR count). The Hall–Kier alpha value is -2.98. The number of para-hydroxylation sites is 2. The Kier molecular flexibility index (Phi) is 8.73. The molecule has 1 atom stereocenters. The molecule has 1 saturated heterocycles. The van der Waals surface area contributed by atoms with Crippen LogP contribution in [-0.2, 0) is 26.0 Å². The van der Waals surface area contributed by atoms with E-state index in [4.69, 9.17) is 16.3 Å². The molecular weight excluding hydrogens is 504 g/mol. The molecule has 0 spiro atoms. The minimum Gasteiger partial charge on any atom is -0.444 e. The maximum absolute atomic E-state index is 13.5. The number of benzene rings is 2. The average molecular weight is 537 g/mol.